The number of hydrogen-bond donors (Lipinski definition) is 7. The minimum absolute atomic E-state index is 0.130. The fraction of sp³-hybridized carbons (Fsp3) is 0.433. The molecule has 3 rings (SSSR count). The van der Waals surface area contributed by atoms with E-state index < -0.39 is 79.5 Å². The summed E-state index contributed by atoms with van der Waals surface area (Å²) < 4.78 is 10.9. The third-order valence-corrected chi connectivity index (χ3v) is 6.98. The summed E-state index contributed by atoms with van der Waals surface area (Å²) in [6, 6.07) is 14.8. The van der Waals surface area contributed by atoms with Crippen LogP contribution in [0.1, 0.15) is 36.5 Å². The topological polar surface area (TPSA) is 221 Å². The van der Waals surface area contributed by atoms with E-state index >= 15 is 0 Å². The SMILES string of the molecule is CC(=O)N[C@@H]1C(O)C[C@](OCC(=O)NCCCC=O)(C(=O)O)O[C@H]1[C@H](O)[C@H](O)CNC(=O)c1ccc(-c2ccccc2)cc1. The molecule has 1 fully saturated rings. The fourth-order valence-electron chi connectivity index (χ4n) is 4.68. The maximum absolute atomic E-state index is 12.7. The summed E-state index contributed by atoms with van der Waals surface area (Å²) in [6.45, 7) is -0.0609. The highest BCUT2D eigenvalue weighted by molar-refractivity contribution is 5.94. The maximum Gasteiger partial charge on any atom is 0.364 e. The number of aliphatic hydroxyl groups is 3. The van der Waals surface area contributed by atoms with Crippen molar-refractivity contribution in [3.63, 3.8) is 0 Å². The first-order valence-electron chi connectivity index (χ1n) is 14.0. The van der Waals surface area contributed by atoms with E-state index in [2.05, 4.69) is 16.0 Å². The number of nitrogens with one attached hydrogen (secondary N) is 3. The van der Waals surface area contributed by atoms with Crippen LogP contribution in [0.3, 0.4) is 0 Å². The quantitative estimate of drug-likeness (QED) is 0.0986. The smallest absolute Gasteiger partial charge is 0.364 e. The maximum atomic E-state index is 12.7. The average Bonchev–Trinajstić information content (AvgIpc) is 3.01. The standard InChI is InChI=1S/C30H37N3O11/c1-18(35)33-25-22(36)15-30(29(41)42,43-17-24(38)31-13-5-6-14-34)44-27(25)26(39)23(37)16-32-28(40)21-11-9-20(10-12-21)19-7-3-2-4-8-19/h2-4,7-12,14,22-23,25-27,36-37,39H,5-6,13,15-17H2,1H3,(H,31,38)(H,32,40)(H,33,35)(H,41,42)/t22?,23-,25-,26-,27-,30-/m1/s1. The summed E-state index contributed by atoms with van der Waals surface area (Å²) in [4.78, 5) is 59.4. The van der Waals surface area contributed by atoms with Gasteiger partial charge < -0.3 is 50.6 Å². The van der Waals surface area contributed by atoms with Crippen molar-refractivity contribution < 1.29 is 53.9 Å². The molecule has 7 N–H and O–H groups in total. The number of aldehydes is 1. The van der Waals surface area contributed by atoms with Gasteiger partial charge in [0.1, 0.15) is 25.1 Å². The van der Waals surface area contributed by atoms with Crippen LogP contribution in [0.2, 0.25) is 0 Å². The molecule has 14 nitrogen and oxygen atoms in total. The summed E-state index contributed by atoms with van der Waals surface area (Å²) in [5.41, 5.74) is 2.11. The molecule has 1 heterocycles. The number of unbranched alkanes of at least 4 members (excludes halogenated alkanes) is 1. The van der Waals surface area contributed by atoms with Crippen LogP contribution in [0.15, 0.2) is 54.6 Å². The highest BCUT2D eigenvalue weighted by Gasteiger charge is 2.56. The Bertz CT molecular complexity index is 1290. The molecular weight excluding hydrogens is 578 g/mol. The average molecular weight is 616 g/mol. The Morgan fingerprint density at radius 1 is 1.05 bits per heavy atom. The first-order valence-corrected chi connectivity index (χ1v) is 14.0. The van der Waals surface area contributed by atoms with Crippen LogP contribution in [-0.4, -0.2) is 106 Å². The Hall–Kier alpha value is -4.21. The zero-order valence-electron chi connectivity index (χ0n) is 24.0. The minimum atomic E-state index is -2.64. The van der Waals surface area contributed by atoms with Crippen LogP contribution < -0.4 is 16.0 Å². The van der Waals surface area contributed by atoms with E-state index in [1.807, 2.05) is 30.3 Å². The van der Waals surface area contributed by atoms with Gasteiger partial charge in [0.2, 0.25) is 11.8 Å². The van der Waals surface area contributed by atoms with Crippen molar-refractivity contribution in [2.45, 2.75) is 62.4 Å². The van der Waals surface area contributed by atoms with Crippen molar-refractivity contribution >= 4 is 30.0 Å². The van der Waals surface area contributed by atoms with Gasteiger partial charge in [-0.15, -0.1) is 0 Å². The van der Waals surface area contributed by atoms with Crippen LogP contribution in [-0.2, 0) is 28.7 Å². The molecule has 1 aliphatic heterocycles. The van der Waals surface area contributed by atoms with Crippen LogP contribution in [0, 0.1) is 0 Å². The summed E-state index contributed by atoms with van der Waals surface area (Å²) in [5.74, 6) is -6.30. The molecule has 238 valence electrons. The van der Waals surface area contributed by atoms with Crippen molar-refractivity contribution in [3.05, 3.63) is 60.2 Å². The first kappa shape index (κ1) is 34.3. The third kappa shape index (κ3) is 9.14. The Morgan fingerprint density at radius 3 is 2.32 bits per heavy atom. The summed E-state index contributed by atoms with van der Waals surface area (Å²) in [6.07, 6.45) is -6.57. The van der Waals surface area contributed by atoms with E-state index in [0.717, 1.165) is 18.1 Å². The van der Waals surface area contributed by atoms with E-state index in [9.17, 15) is 44.4 Å². The number of aliphatic carboxylic acids is 1. The number of rotatable bonds is 15. The number of carboxylic acids is 1. The molecule has 0 aliphatic carbocycles. The number of amides is 3. The van der Waals surface area contributed by atoms with Crippen LogP contribution in [0.4, 0.5) is 0 Å². The number of carboxylic acid groups (broad SMARTS) is 1. The second-order valence-electron chi connectivity index (χ2n) is 10.3. The molecule has 2 aromatic rings. The molecule has 1 aliphatic rings. The highest BCUT2D eigenvalue weighted by Crippen LogP contribution is 2.33. The summed E-state index contributed by atoms with van der Waals surface area (Å²) in [7, 11) is 0. The number of aliphatic hydroxyl groups excluding tert-OH is 3. The molecule has 6 atom stereocenters. The molecule has 14 heteroatoms. The second-order valence-corrected chi connectivity index (χ2v) is 10.3. The highest BCUT2D eigenvalue weighted by atomic mass is 16.7. The van der Waals surface area contributed by atoms with Gasteiger partial charge in [-0.3, -0.25) is 14.4 Å². The zero-order valence-corrected chi connectivity index (χ0v) is 24.0. The monoisotopic (exact) mass is 615 g/mol. The van der Waals surface area contributed by atoms with Gasteiger partial charge in [-0.1, -0.05) is 42.5 Å². The van der Waals surface area contributed by atoms with Gasteiger partial charge in [-0.05, 0) is 29.7 Å². The van der Waals surface area contributed by atoms with Crippen molar-refractivity contribution in [3.8, 4) is 11.1 Å². The van der Waals surface area contributed by atoms with Gasteiger partial charge in [0, 0.05) is 38.4 Å². The van der Waals surface area contributed by atoms with Crippen LogP contribution in [0.5, 0.6) is 0 Å². The van der Waals surface area contributed by atoms with Crippen molar-refractivity contribution in [2.75, 3.05) is 19.7 Å². The molecule has 1 saturated heterocycles. The molecule has 0 spiro atoms. The van der Waals surface area contributed by atoms with Gasteiger partial charge >= 0.3 is 5.97 Å². The molecule has 0 aromatic heterocycles. The molecule has 0 bridgehead atoms. The fourth-order valence-corrected chi connectivity index (χ4v) is 4.68. The molecule has 2 aromatic carbocycles. The molecule has 0 radical (unpaired) electrons. The number of hydrogen-bond acceptors (Lipinski definition) is 10. The lowest BCUT2D eigenvalue weighted by molar-refractivity contribution is -0.308. The van der Waals surface area contributed by atoms with Gasteiger partial charge in [0.05, 0.1) is 18.2 Å². The summed E-state index contributed by atoms with van der Waals surface area (Å²) >= 11 is 0. The van der Waals surface area contributed by atoms with E-state index in [-0.39, 0.29) is 18.5 Å². The lowest BCUT2D eigenvalue weighted by atomic mass is 9.88. The summed E-state index contributed by atoms with van der Waals surface area (Å²) in [5, 5.41) is 49.8. The minimum Gasteiger partial charge on any atom is -0.477 e. The molecule has 1 unspecified atom stereocenters. The largest absolute Gasteiger partial charge is 0.477 e. The van der Waals surface area contributed by atoms with Crippen LogP contribution in [0.25, 0.3) is 11.1 Å². The number of ether oxygens (including phenoxy) is 2. The van der Waals surface area contributed by atoms with Gasteiger partial charge in [-0.2, -0.15) is 0 Å². The van der Waals surface area contributed by atoms with Crippen molar-refractivity contribution in [1.82, 2.24) is 16.0 Å². The first-order chi connectivity index (χ1) is 21.0. The number of carbonyl (C=O) groups excluding carboxylic acids is 4. The van der Waals surface area contributed by atoms with E-state index in [0.29, 0.717) is 12.7 Å². The predicted molar refractivity (Wildman–Crippen MR) is 154 cm³/mol. The number of carbonyl (C=O) groups is 5. The van der Waals surface area contributed by atoms with Crippen molar-refractivity contribution in [1.29, 1.82) is 0 Å². The van der Waals surface area contributed by atoms with Gasteiger partial charge in [-0.25, -0.2) is 4.79 Å². The molecule has 0 saturated carbocycles. The third-order valence-electron chi connectivity index (χ3n) is 6.98. The van der Waals surface area contributed by atoms with Crippen LogP contribution >= 0.6 is 0 Å². The Kier molecular flexibility index (Phi) is 12.5. The molecular formula is C30H37N3O11. The van der Waals surface area contributed by atoms with Gasteiger partial charge in [0.25, 0.3) is 11.7 Å². The van der Waals surface area contributed by atoms with Crippen molar-refractivity contribution in [2.24, 2.45) is 0 Å². The van der Waals surface area contributed by atoms with E-state index in [1.165, 1.54) is 0 Å². The lowest BCUT2D eigenvalue weighted by Gasteiger charge is -2.46. The molecule has 3 amide bonds. The lowest BCUT2D eigenvalue weighted by Crippen LogP contribution is -2.68. The second kappa shape index (κ2) is 16.0. The predicted octanol–water partition coefficient (Wildman–Crippen LogP) is -0.647. The van der Waals surface area contributed by atoms with E-state index in [4.69, 9.17) is 9.47 Å². The Labute approximate surface area is 253 Å². The Morgan fingerprint density at radius 2 is 1.70 bits per heavy atom. The normalized spacial score (nSPS) is 22.7. The molecule has 44 heavy (non-hydrogen) atoms. The van der Waals surface area contributed by atoms with E-state index in [1.54, 1.807) is 24.3 Å². The zero-order chi connectivity index (χ0) is 32.3. The number of benzene rings is 2. The Balaban J connectivity index is 1.69. The van der Waals surface area contributed by atoms with Gasteiger partial charge in [0.15, 0.2) is 0 Å².